The number of nitrogens with one attached hydrogen (secondary N) is 2. The first kappa shape index (κ1) is 15.8. The molecule has 1 atom stereocenters. The summed E-state index contributed by atoms with van der Waals surface area (Å²) in [4.78, 5) is 6.07. The molecular formula is C13H18F3N7. The van der Waals surface area contributed by atoms with E-state index in [-0.39, 0.29) is 5.96 Å². The lowest BCUT2D eigenvalue weighted by molar-refractivity contribution is -0.100. The summed E-state index contributed by atoms with van der Waals surface area (Å²) in [6.45, 7) is 3.57. The van der Waals surface area contributed by atoms with E-state index in [1.54, 1.807) is 6.20 Å². The molecule has 1 aromatic rings. The van der Waals surface area contributed by atoms with Crippen molar-refractivity contribution in [1.29, 1.82) is 0 Å². The van der Waals surface area contributed by atoms with Gasteiger partial charge < -0.3 is 16.4 Å². The average Bonchev–Trinajstić information content (AvgIpc) is 2.78. The Morgan fingerprint density at radius 2 is 2.13 bits per heavy atom. The van der Waals surface area contributed by atoms with E-state index in [1.165, 1.54) is 6.92 Å². The minimum absolute atomic E-state index is 0.159. The van der Waals surface area contributed by atoms with E-state index >= 15 is 0 Å². The molecule has 2 aliphatic rings. The van der Waals surface area contributed by atoms with Crippen molar-refractivity contribution >= 4 is 11.6 Å². The van der Waals surface area contributed by atoms with Gasteiger partial charge in [0.2, 0.25) is 5.96 Å². The molecule has 1 aromatic heterocycles. The first-order valence-electron chi connectivity index (χ1n) is 7.10. The predicted octanol–water partition coefficient (Wildman–Crippen LogP) is 0.821. The fourth-order valence-corrected chi connectivity index (χ4v) is 2.65. The number of alkyl halides is 3. The van der Waals surface area contributed by atoms with Crippen LogP contribution in [-0.4, -0.2) is 46.1 Å². The summed E-state index contributed by atoms with van der Waals surface area (Å²) in [5, 5.41) is 9.75. The zero-order chi connectivity index (χ0) is 16.8. The number of guanidine groups is 1. The largest absolute Gasteiger partial charge is 0.417 e. The van der Waals surface area contributed by atoms with Gasteiger partial charge in [0.05, 0.1) is 29.7 Å². The fraction of sp³-hybridized carbons (Fsp3) is 0.538. The molecule has 4 N–H and O–H groups in total. The topological polar surface area (TPSA) is 83.5 Å². The second kappa shape index (κ2) is 5.24. The molecule has 0 aliphatic carbocycles. The number of nitrogens with zero attached hydrogens (tertiary/aromatic N) is 4. The van der Waals surface area contributed by atoms with Crippen molar-refractivity contribution in [2.24, 2.45) is 10.7 Å². The molecule has 3 heterocycles. The van der Waals surface area contributed by atoms with Gasteiger partial charge in [-0.15, -0.1) is 0 Å². The van der Waals surface area contributed by atoms with Crippen LogP contribution in [0.15, 0.2) is 23.0 Å². The van der Waals surface area contributed by atoms with E-state index in [9.17, 15) is 13.2 Å². The van der Waals surface area contributed by atoms with Crippen molar-refractivity contribution in [3.05, 3.63) is 23.7 Å². The van der Waals surface area contributed by atoms with Crippen LogP contribution in [0.1, 0.15) is 12.6 Å². The zero-order valence-corrected chi connectivity index (χ0v) is 12.8. The third kappa shape index (κ3) is 3.04. The van der Waals surface area contributed by atoms with Gasteiger partial charge >= 0.3 is 6.18 Å². The molecule has 0 bridgehead atoms. The molecule has 23 heavy (non-hydrogen) atoms. The lowest BCUT2D eigenvalue weighted by Gasteiger charge is -2.30. The number of hydrogen-bond acceptors (Lipinski definition) is 6. The standard InChI is InChI=1S/C13H18F3N7/c1-12(17)10(13(14,15)16)6-18-11(21-12)20-8-5-19-23-4-3-22(2)7-9(8)23/h5-6H,3-4,7,17H2,1-2H3,(H2,18,20,21). The first-order chi connectivity index (χ1) is 10.7. The highest BCUT2D eigenvalue weighted by Crippen LogP contribution is 2.34. The monoisotopic (exact) mass is 329 g/mol. The predicted molar refractivity (Wildman–Crippen MR) is 79.5 cm³/mol. The molecule has 3 rings (SSSR count). The van der Waals surface area contributed by atoms with Crippen molar-refractivity contribution in [2.75, 3.05) is 18.9 Å². The maximum atomic E-state index is 12.9. The second-order valence-corrected chi connectivity index (χ2v) is 5.90. The third-order valence-corrected chi connectivity index (χ3v) is 3.86. The molecule has 0 aromatic carbocycles. The highest BCUT2D eigenvalue weighted by Gasteiger charge is 2.45. The van der Waals surface area contributed by atoms with Crippen LogP contribution in [-0.2, 0) is 13.1 Å². The number of rotatable bonds is 1. The van der Waals surface area contributed by atoms with Gasteiger partial charge in [-0.05, 0) is 14.0 Å². The van der Waals surface area contributed by atoms with Crippen molar-refractivity contribution in [1.82, 2.24) is 20.0 Å². The van der Waals surface area contributed by atoms with E-state index in [0.717, 1.165) is 25.0 Å². The van der Waals surface area contributed by atoms with Crippen LogP contribution in [0.4, 0.5) is 18.9 Å². The zero-order valence-electron chi connectivity index (χ0n) is 12.8. The molecule has 0 amide bonds. The molecule has 1 unspecified atom stereocenters. The van der Waals surface area contributed by atoms with Crippen LogP contribution in [0.5, 0.6) is 0 Å². The Hall–Kier alpha value is -2.07. The van der Waals surface area contributed by atoms with Gasteiger partial charge in [-0.25, -0.2) is 4.99 Å². The third-order valence-electron chi connectivity index (χ3n) is 3.86. The molecule has 10 heteroatoms. The van der Waals surface area contributed by atoms with Crippen molar-refractivity contribution in [3.63, 3.8) is 0 Å². The Morgan fingerprint density at radius 3 is 2.78 bits per heavy atom. The van der Waals surface area contributed by atoms with Gasteiger partial charge in [0.15, 0.2) is 0 Å². The molecule has 0 spiro atoms. The number of anilines is 1. The molecule has 0 saturated carbocycles. The van der Waals surface area contributed by atoms with Crippen LogP contribution < -0.4 is 16.4 Å². The number of likely N-dealkylation sites (N-methyl/N-ethyl adjacent to an activating group) is 1. The molecule has 0 radical (unpaired) electrons. The lowest BCUT2D eigenvalue weighted by Crippen LogP contribution is -2.49. The van der Waals surface area contributed by atoms with Crippen molar-refractivity contribution < 1.29 is 13.2 Å². The summed E-state index contributed by atoms with van der Waals surface area (Å²) >= 11 is 0. The van der Waals surface area contributed by atoms with Crippen LogP contribution in [0.2, 0.25) is 0 Å². The van der Waals surface area contributed by atoms with Crippen LogP contribution in [0, 0.1) is 0 Å². The molecule has 7 nitrogen and oxygen atoms in total. The highest BCUT2D eigenvalue weighted by molar-refractivity contribution is 5.95. The Balaban J connectivity index is 1.81. The van der Waals surface area contributed by atoms with Gasteiger partial charge in [0, 0.05) is 19.3 Å². The fourth-order valence-electron chi connectivity index (χ4n) is 2.65. The van der Waals surface area contributed by atoms with Crippen molar-refractivity contribution in [3.8, 4) is 0 Å². The van der Waals surface area contributed by atoms with Crippen molar-refractivity contribution in [2.45, 2.75) is 31.9 Å². The second-order valence-electron chi connectivity index (χ2n) is 5.90. The van der Waals surface area contributed by atoms with Gasteiger partial charge in [-0.2, -0.15) is 18.3 Å². The number of hydrogen-bond donors (Lipinski definition) is 3. The van der Waals surface area contributed by atoms with Crippen LogP contribution >= 0.6 is 0 Å². The van der Waals surface area contributed by atoms with E-state index in [4.69, 9.17) is 5.73 Å². The van der Waals surface area contributed by atoms with Gasteiger partial charge in [0.1, 0.15) is 5.66 Å². The average molecular weight is 329 g/mol. The van der Waals surface area contributed by atoms with Crippen LogP contribution in [0.3, 0.4) is 0 Å². The summed E-state index contributed by atoms with van der Waals surface area (Å²) < 4.78 is 40.6. The Morgan fingerprint density at radius 1 is 1.39 bits per heavy atom. The summed E-state index contributed by atoms with van der Waals surface area (Å²) in [6, 6.07) is 0. The summed E-state index contributed by atoms with van der Waals surface area (Å²) in [5.74, 6) is 0.159. The number of nitrogens with two attached hydrogens (primary N) is 1. The number of aromatic nitrogens is 2. The van der Waals surface area contributed by atoms with E-state index in [0.29, 0.717) is 12.2 Å². The van der Waals surface area contributed by atoms with Gasteiger partial charge in [0.25, 0.3) is 0 Å². The number of aliphatic imine (C=N–C) groups is 1. The molecular weight excluding hydrogens is 311 g/mol. The Bertz CT molecular complexity index is 672. The Labute approximate surface area is 131 Å². The number of halogens is 3. The number of fused-ring (bicyclic) bond motifs is 1. The molecule has 2 aliphatic heterocycles. The smallest absolute Gasteiger partial charge is 0.332 e. The quantitative estimate of drug-likeness (QED) is 0.710. The normalized spacial score (nSPS) is 25.3. The van der Waals surface area contributed by atoms with Gasteiger partial charge in [-0.1, -0.05) is 0 Å². The minimum atomic E-state index is -4.54. The van der Waals surface area contributed by atoms with Crippen LogP contribution in [0.25, 0.3) is 0 Å². The maximum Gasteiger partial charge on any atom is 0.417 e. The summed E-state index contributed by atoms with van der Waals surface area (Å²) in [7, 11) is 1.99. The van der Waals surface area contributed by atoms with E-state index < -0.39 is 17.4 Å². The highest BCUT2D eigenvalue weighted by atomic mass is 19.4. The summed E-state index contributed by atoms with van der Waals surface area (Å²) in [6.07, 6.45) is -2.06. The van der Waals surface area contributed by atoms with Gasteiger partial charge in [-0.3, -0.25) is 9.58 Å². The maximum absolute atomic E-state index is 12.9. The molecule has 0 saturated heterocycles. The first-order valence-corrected chi connectivity index (χ1v) is 7.10. The van der Waals surface area contributed by atoms with E-state index in [1.807, 2.05) is 11.7 Å². The minimum Gasteiger partial charge on any atom is -0.332 e. The molecule has 126 valence electrons. The van der Waals surface area contributed by atoms with E-state index in [2.05, 4.69) is 25.6 Å². The summed E-state index contributed by atoms with van der Waals surface area (Å²) in [5.41, 5.74) is 4.58. The molecule has 0 fully saturated rings. The lowest BCUT2D eigenvalue weighted by atomic mass is 10.0. The SMILES string of the molecule is CN1CCn2ncc(NC3=NC(C)(N)C(C(F)(F)F)=CN3)c2C1. The Kier molecular flexibility index (Phi) is 3.60.